The summed E-state index contributed by atoms with van der Waals surface area (Å²) in [7, 11) is 0. The van der Waals surface area contributed by atoms with E-state index in [-0.39, 0.29) is 0 Å². The number of fused-ring (bicyclic) bond motifs is 1. The van der Waals surface area contributed by atoms with E-state index in [0.29, 0.717) is 6.54 Å². The number of aliphatic hydroxyl groups excluding tert-OH is 2. The standard InChI is InChI=1S/C7H11NO2/c9-6-4-8-3-1-2-5(8)7(6)10/h2,6-7,9-10H,1,3-4H2. The molecule has 56 valence electrons. The number of hydrogen-bond donors (Lipinski definition) is 2. The molecule has 0 radical (unpaired) electrons. The first-order valence-corrected chi connectivity index (χ1v) is 3.60. The molecule has 0 amide bonds. The van der Waals surface area contributed by atoms with Crippen molar-refractivity contribution >= 4 is 0 Å². The lowest BCUT2D eigenvalue weighted by molar-refractivity contribution is 0.0661. The molecule has 0 aromatic heterocycles. The van der Waals surface area contributed by atoms with Crippen molar-refractivity contribution in [1.29, 1.82) is 0 Å². The van der Waals surface area contributed by atoms with Crippen molar-refractivity contribution < 1.29 is 10.2 Å². The molecule has 3 nitrogen and oxygen atoms in total. The molecule has 3 heteroatoms. The quantitative estimate of drug-likeness (QED) is 0.469. The summed E-state index contributed by atoms with van der Waals surface area (Å²) in [5, 5.41) is 18.5. The maximum atomic E-state index is 9.31. The summed E-state index contributed by atoms with van der Waals surface area (Å²) in [6.07, 6.45) is 1.83. The fraction of sp³-hybridized carbons (Fsp3) is 0.714. The Kier molecular flexibility index (Phi) is 1.22. The van der Waals surface area contributed by atoms with Crippen molar-refractivity contribution in [3.05, 3.63) is 11.8 Å². The average molecular weight is 141 g/mol. The minimum Gasteiger partial charge on any atom is -0.388 e. The van der Waals surface area contributed by atoms with Gasteiger partial charge in [-0.2, -0.15) is 0 Å². The first-order valence-electron chi connectivity index (χ1n) is 3.60. The summed E-state index contributed by atoms with van der Waals surface area (Å²) < 4.78 is 0. The first-order chi connectivity index (χ1) is 4.79. The minimum absolute atomic E-state index is 0.563. The van der Waals surface area contributed by atoms with Crippen LogP contribution in [0.15, 0.2) is 11.8 Å². The Hall–Kier alpha value is -0.540. The Bertz CT molecular complexity index is 178. The Morgan fingerprint density at radius 3 is 3.00 bits per heavy atom. The summed E-state index contributed by atoms with van der Waals surface area (Å²) in [6, 6.07) is 0. The number of nitrogens with zero attached hydrogens (tertiary/aromatic N) is 1. The molecule has 2 unspecified atom stereocenters. The van der Waals surface area contributed by atoms with Crippen LogP contribution in [0.25, 0.3) is 0 Å². The smallest absolute Gasteiger partial charge is 0.121 e. The molecule has 2 heterocycles. The molecular formula is C7H11NO2. The van der Waals surface area contributed by atoms with Crippen molar-refractivity contribution in [3.63, 3.8) is 0 Å². The number of rotatable bonds is 0. The summed E-state index contributed by atoms with van der Waals surface area (Å²) >= 11 is 0. The Morgan fingerprint density at radius 2 is 2.30 bits per heavy atom. The lowest BCUT2D eigenvalue weighted by Gasteiger charge is -2.11. The van der Waals surface area contributed by atoms with Gasteiger partial charge < -0.3 is 15.1 Å². The molecule has 0 aromatic carbocycles. The van der Waals surface area contributed by atoms with E-state index in [1.807, 2.05) is 11.0 Å². The normalized spacial score (nSPS) is 38.2. The van der Waals surface area contributed by atoms with Crippen LogP contribution < -0.4 is 0 Å². The van der Waals surface area contributed by atoms with Gasteiger partial charge in [-0.25, -0.2) is 0 Å². The Labute approximate surface area is 59.6 Å². The number of hydrogen-bond acceptors (Lipinski definition) is 3. The monoisotopic (exact) mass is 141 g/mol. The third-order valence-electron chi connectivity index (χ3n) is 2.19. The number of aliphatic hydroxyl groups is 2. The van der Waals surface area contributed by atoms with E-state index >= 15 is 0 Å². The van der Waals surface area contributed by atoms with Crippen molar-refractivity contribution in [3.8, 4) is 0 Å². The fourth-order valence-electron chi connectivity index (χ4n) is 1.65. The van der Waals surface area contributed by atoms with Crippen LogP contribution in [0.2, 0.25) is 0 Å². The first kappa shape index (κ1) is 6.19. The van der Waals surface area contributed by atoms with Gasteiger partial charge in [-0.05, 0) is 6.42 Å². The zero-order valence-corrected chi connectivity index (χ0v) is 5.70. The highest BCUT2D eigenvalue weighted by Crippen LogP contribution is 2.26. The molecule has 2 N–H and O–H groups in total. The van der Waals surface area contributed by atoms with E-state index in [9.17, 15) is 10.2 Å². The second kappa shape index (κ2) is 1.97. The molecule has 1 fully saturated rings. The van der Waals surface area contributed by atoms with Gasteiger partial charge in [0.1, 0.15) is 12.2 Å². The SMILES string of the molecule is OC1CN2CCC=C2C1O. The van der Waals surface area contributed by atoms with E-state index in [4.69, 9.17) is 0 Å². The molecule has 2 aliphatic heterocycles. The molecule has 0 bridgehead atoms. The van der Waals surface area contributed by atoms with Crippen LogP contribution in [-0.4, -0.2) is 40.4 Å². The van der Waals surface area contributed by atoms with Gasteiger partial charge in [0, 0.05) is 18.8 Å². The van der Waals surface area contributed by atoms with Crippen molar-refractivity contribution in [2.75, 3.05) is 13.1 Å². The maximum Gasteiger partial charge on any atom is 0.121 e. The van der Waals surface area contributed by atoms with Gasteiger partial charge in [-0.1, -0.05) is 6.08 Å². The second-order valence-electron chi connectivity index (χ2n) is 2.88. The van der Waals surface area contributed by atoms with Gasteiger partial charge in [-0.3, -0.25) is 0 Å². The van der Waals surface area contributed by atoms with Crippen LogP contribution in [-0.2, 0) is 0 Å². The predicted molar refractivity (Wildman–Crippen MR) is 36.3 cm³/mol. The zero-order valence-electron chi connectivity index (χ0n) is 5.70. The van der Waals surface area contributed by atoms with Gasteiger partial charge in [-0.15, -0.1) is 0 Å². The van der Waals surface area contributed by atoms with Gasteiger partial charge >= 0.3 is 0 Å². The van der Waals surface area contributed by atoms with Crippen LogP contribution in [0.3, 0.4) is 0 Å². The molecule has 10 heavy (non-hydrogen) atoms. The molecule has 0 aromatic rings. The average Bonchev–Trinajstić information content (AvgIpc) is 2.41. The molecular weight excluding hydrogens is 130 g/mol. The topological polar surface area (TPSA) is 43.7 Å². The lowest BCUT2D eigenvalue weighted by Crippen LogP contribution is -2.22. The van der Waals surface area contributed by atoms with Gasteiger partial charge in [0.15, 0.2) is 0 Å². The minimum atomic E-state index is -0.623. The fourth-order valence-corrected chi connectivity index (χ4v) is 1.65. The maximum absolute atomic E-state index is 9.31. The van der Waals surface area contributed by atoms with E-state index in [1.54, 1.807) is 0 Å². The van der Waals surface area contributed by atoms with Crippen molar-refractivity contribution in [1.82, 2.24) is 4.90 Å². The molecule has 1 saturated heterocycles. The van der Waals surface area contributed by atoms with Crippen molar-refractivity contribution in [2.45, 2.75) is 18.6 Å². The van der Waals surface area contributed by atoms with Crippen LogP contribution in [0.5, 0.6) is 0 Å². The summed E-state index contributed by atoms with van der Waals surface area (Å²) in [6.45, 7) is 1.57. The highest BCUT2D eigenvalue weighted by molar-refractivity contribution is 5.19. The molecule has 0 aliphatic carbocycles. The van der Waals surface area contributed by atoms with Crippen molar-refractivity contribution in [2.24, 2.45) is 0 Å². The largest absolute Gasteiger partial charge is 0.388 e. The molecule has 0 spiro atoms. The second-order valence-corrected chi connectivity index (χ2v) is 2.88. The Balaban J connectivity index is 2.22. The predicted octanol–water partition coefficient (Wildman–Crippen LogP) is -0.689. The highest BCUT2D eigenvalue weighted by Gasteiger charge is 2.35. The molecule has 2 rings (SSSR count). The van der Waals surface area contributed by atoms with Crippen LogP contribution in [0.1, 0.15) is 6.42 Å². The summed E-state index contributed by atoms with van der Waals surface area (Å²) in [4.78, 5) is 2.04. The lowest BCUT2D eigenvalue weighted by atomic mass is 10.2. The van der Waals surface area contributed by atoms with E-state index < -0.39 is 12.2 Å². The Morgan fingerprint density at radius 1 is 1.50 bits per heavy atom. The summed E-state index contributed by atoms with van der Waals surface area (Å²) in [5.41, 5.74) is 0.924. The van der Waals surface area contributed by atoms with Crippen LogP contribution >= 0.6 is 0 Å². The molecule has 2 atom stereocenters. The van der Waals surface area contributed by atoms with Crippen LogP contribution in [0, 0.1) is 0 Å². The van der Waals surface area contributed by atoms with Gasteiger partial charge in [0.05, 0.1) is 0 Å². The zero-order chi connectivity index (χ0) is 7.14. The third-order valence-corrected chi connectivity index (χ3v) is 2.19. The van der Waals surface area contributed by atoms with Gasteiger partial charge in [0.2, 0.25) is 0 Å². The summed E-state index contributed by atoms with van der Waals surface area (Å²) in [5.74, 6) is 0. The highest BCUT2D eigenvalue weighted by atomic mass is 16.3. The van der Waals surface area contributed by atoms with E-state index in [2.05, 4.69) is 0 Å². The molecule has 2 aliphatic rings. The van der Waals surface area contributed by atoms with E-state index in [0.717, 1.165) is 18.7 Å². The van der Waals surface area contributed by atoms with Crippen LogP contribution in [0.4, 0.5) is 0 Å². The third kappa shape index (κ3) is 0.676. The van der Waals surface area contributed by atoms with E-state index in [1.165, 1.54) is 0 Å². The van der Waals surface area contributed by atoms with Gasteiger partial charge in [0.25, 0.3) is 0 Å². The molecule has 0 saturated carbocycles.